The van der Waals surface area contributed by atoms with Gasteiger partial charge in [-0.2, -0.15) is 0 Å². The van der Waals surface area contributed by atoms with Gasteiger partial charge in [0.25, 0.3) is 0 Å². The highest BCUT2D eigenvalue weighted by Crippen LogP contribution is 2.18. The summed E-state index contributed by atoms with van der Waals surface area (Å²) < 4.78 is 0. The zero-order chi connectivity index (χ0) is 46.5. The summed E-state index contributed by atoms with van der Waals surface area (Å²) in [5, 5.41) is 33.7. The van der Waals surface area contributed by atoms with Gasteiger partial charge in [-0.1, -0.05) is 276 Å². The standard InChI is InChI=1S/C59H115NO4/c1-3-5-7-9-11-13-15-17-19-21-23-24-25-26-27-28-29-30-31-32-33-34-35-36-38-40-42-44-46-48-50-52-54-58(63)60-56(55-61)59(64)57(62)53-51-49-47-45-43-41-39-37-22-20-18-16-14-12-10-8-6-4-2/h26-27,45,47,56-57,59,61-62,64H,3-25,28-44,46,48-55H2,1-2H3,(H,60,63)/b27-26-,47-45+. The summed E-state index contributed by atoms with van der Waals surface area (Å²) >= 11 is 0. The summed E-state index contributed by atoms with van der Waals surface area (Å²) in [6, 6.07) is -0.824. The third kappa shape index (κ3) is 48.8. The molecule has 5 heteroatoms. The molecule has 0 saturated carbocycles. The van der Waals surface area contributed by atoms with Crippen LogP contribution in [0.2, 0.25) is 0 Å². The number of allylic oxidation sites excluding steroid dienone is 4. The molecule has 0 fully saturated rings. The van der Waals surface area contributed by atoms with Crippen LogP contribution >= 0.6 is 0 Å². The number of hydrogen-bond acceptors (Lipinski definition) is 4. The van der Waals surface area contributed by atoms with Crippen molar-refractivity contribution in [3.05, 3.63) is 24.3 Å². The molecule has 3 unspecified atom stereocenters. The molecule has 0 bridgehead atoms. The van der Waals surface area contributed by atoms with E-state index in [-0.39, 0.29) is 12.5 Å². The van der Waals surface area contributed by atoms with Gasteiger partial charge < -0.3 is 20.6 Å². The minimum Gasteiger partial charge on any atom is -0.394 e. The van der Waals surface area contributed by atoms with Gasteiger partial charge in [-0.25, -0.2) is 0 Å². The Hall–Kier alpha value is -1.17. The Labute approximate surface area is 401 Å². The average molecular weight is 903 g/mol. The Morgan fingerprint density at radius 3 is 0.906 bits per heavy atom. The van der Waals surface area contributed by atoms with Crippen molar-refractivity contribution in [2.24, 2.45) is 0 Å². The van der Waals surface area contributed by atoms with Gasteiger partial charge in [-0.05, 0) is 64.2 Å². The highest BCUT2D eigenvalue weighted by Gasteiger charge is 2.26. The van der Waals surface area contributed by atoms with E-state index in [4.69, 9.17) is 0 Å². The summed E-state index contributed by atoms with van der Waals surface area (Å²) in [6.45, 7) is 4.20. The molecule has 0 rings (SSSR count). The van der Waals surface area contributed by atoms with Crippen LogP contribution in [-0.2, 0) is 4.79 Å². The van der Waals surface area contributed by atoms with E-state index in [1.54, 1.807) is 0 Å². The summed E-state index contributed by atoms with van der Waals surface area (Å²) in [5.41, 5.74) is 0. The summed E-state index contributed by atoms with van der Waals surface area (Å²) in [5.74, 6) is -0.149. The maximum atomic E-state index is 12.5. The van der Waals surface area contributed by atoms with Crippen LogP contribution in [0.15, 0.2) is 24.3 Å². The molecule has 3 atom stereocenters. The summed E-state index contributed by atoms with van der Waals surface area (Å²) in [7, 11) is 0. The first kappa shape index (κ1) is 62.8. The number of unbranched alkanes of at least 4 members (excludes halogenated alkanes) is 42. The first-order valence-electron chi connectivity index (χ1n) is 29.1. The summed E-state index contributed by atoms with van der Waals surface area (Å²) in [6.07, 6.45) is 69.2. The predicted molar refractivity (Wildman–Crippen MR) is 282 cm³/mol. The molecule has 0 aliphatic heterocycles. The Balaban J connectivity index is 3.51. The van der Waals surface area contributed by atoms with E-state index in [0.29, 0.717) is 12.8 Å². The van der Waals surface area contributed by atoms with Crippen LogP contribution in [0.1, 0.15) is 322 Å². The molecular weight excluding hydrogens is 787 g/mol. The number of amides is 1. The molecule has 0 radical (unpaired) electrons. The molecule has 64 heavy (non-hydrogen) atoms. The van der Waals surface area contributed by atoms with Crippen molar-refractivity contribution in [2.75, 3.05) is 6.61 Å². The fraction of sp³-hybridized carbons (Fsp3) is 0.915. The second-order valence-corrected chi connectivity index (χ2v) is 20.2. The molecule has 0 aromatic heterocycles. The van der Waals surface area contributed by atoms with E-state index >= 15 is 0 Å². The maximum Gasteiger partial charge on any atom is 0.220 e. The van der Waals surface area contributed by atoms with Crippen LogP contribution in [0.25, 0.3) is 0 Å². The first-order valence-corrected chi connectivity index (χ1v) is 29.1. The molecule has 0 aliphatic rings. The van der Waals surface area contributed by atoms with Gasteiger partial charge in [0, 0.05) is 6.42 Å². The number of carbonyl (C=O) groups is 1. The molecule has 5 nitrogen and oxygen atoms in total. The van der Waals surface area contributed by atoms with Crippen molar-refractivity contribution in [3.63, 3.8) is 0 Å². The van der Waals surface area contributed by atoms with Crippen molar-refractivity contribution in [1.29, 1.82) is 0 Å². The van der Waals surface area contributed by atoms with Gasteiger partial charge in [-0.3, -0.25) is 4.79 Å². The fourth-order valence-electron chi connectivity index (χ4n) is 9.28. The van der Waals surface area contributed by atoms with Gasteiger partial charge in [-0.15, -0.1) is 0 Å². The predicted octanol–water partition coefficient (Wildman–Crippen LogP) is 18.1. The fourth-order valence-corrected chi connectivity index (χ4v) is 9.28. The zero-order valence-electron chi connectivity index (χ0n) is 43.4. The third-order valence-electron chi connectivity index (χ3n) is 13.8. The van der Waals surface area contributed by atoms with Gasteiger partial charge in [0.05, 0.1) is 18.8 Å². The maximum absolute atomic E-state index is 12.5. The molecule has 380 valence electrons. The smallest absolute Gasteiger partial charge is 0.220 e. The van der Waals surface area contributed by atoms with Crippen LogP contribution in [0.5, 0.6) is 0 Å². The number of aliphatic hydroxyl groups is 3. The zero-order valence-corrected chi connectivity index (χ0v) is 43.4. The summed E-state index contributed by atoms with van der Waals surface area (Å²) in [4.78, 5) is 12.5. The highest BCUT2D eigenvalue weighted by atomic mass is 16.3. The van der Waals surface area contributed by atoms with Crippen molar-refractivity contribution in [2.45, 2.75) is 340 Å². The van der Waals surface area contributed by atoms with Crippen molar-refractivity contribution in [1.82, 2.24) is 5.32 Å². The van der Waals surface area contributed by atoms with Crippen LogP contribution < -0.4 is 5.32 Å². The molecule has 0 heterocycles. The monoisotopic (exact) mass is 902 g/mol. The molecule has 0 aromatic carbocycles. The van der Waals surface area contributed by atoms with E-state index in [1.165, 1.54) is 257 Å². The molecule has 0 aromatic rings. The molecule has 0 saturated heterocycles. The van der Waals surface area contributed by atoms with E-state index < -0.39 is 18.2 Å². The number of nitrogens with one attached hydrogen (secondary N) is 1. The lowest BCUT2D eigenvalue weighted by Crippen LogP contribution is -2.50. The topological polar surface area (TPSA) is 89.8 Å². The quantitative estimate of drug-likeness (QED) is 0.0362. The SMILES string of the molecule is CCCCCCCCCCCCCC/C=C\CCCCCCCCCCCCCCCCCCC(=O)NC(CO)C(O)C(O)CCC/C=C/CCCCCCCCCCCCCCC. The van der Waals surface area contributed by atoms with Crippen LogP contribution in [-0.4, -0.2) is 46.1 Å². The van der Waals surface area contributed by atoms with Gasteiger partial charge in [0.15, 0.2) is 0 Å². The molecule has 1 amide bonds. The second-order valence-electron chi connectivity index (χ2n) is 20.2. The van der Waals surface area contributed by atoms with E-state index in [0.717, 1.165) is 38.5 Å². The Morgan fingerprint density at radius 1 is 0.375 bits per heavy atom. The molecular formula is C59H115NO4. The van der Waals surface area contributed by atoms with E-state index in [1.807, 2.05) is 0 Å². The van der Waals surface area contributed by atoms with E-state index in [9.17, 15) is 20.1 Å². The lowest BCUT2D eigenvalue weighted by atomic mass is 10.0. The highest BCUT2D eigenvalue weighted by molar-refractivity contribution is 5.76. The van der Waals surface area contributed by atoms with Crippen LogP contribution in [0, 0.1) is 0 Å². The Kier molecular flexibility index (Phi) is 53.4. The Bertz CT molecular complexity index is 951. The normalized spacial score (nSPS) is 13.4. The molecule has 0 spiro atoms. The van der Waals surface area contributed by atoms with Crippen molar-refractivity contribution in [3.8, 4) is 0 Å². The number of carbonyl (C=O) groups excluding carboxylic acids is 1. The van der Waals surface area contributed by atoms with Crippen LogP contribution in [0.3, 0.4) is 0 Å². The Morgan fingerprint density at radius 2 is 0.625 bits per heavy atom. The average Bonchev–Trinajstić information content (AvgIpc) is 3.30. The number of aliphatic hydroxyl groups excluding tert-OH is 3. The minimum atomic E-state index is -1.16. The van der Waals surface area contributed by atoms with Crippen LogP contribution in [0.4, 0.5) is 0 Å². The lowest BCUT2D eigenvalue weighted by molar-refractivity contribution is -0.124. The molecule has 0 aliphatic carbocycles. The number of hydrogen-bond donors (Lipinski definition) is 4. The largest absolute Gasteiger partial charge is 0.394 e. The first-order chi connectivity index (χ1) is 31.6. The molecule has 4 N–H and O–H groups in total. The van der Waals surface area contributed by atoms with Gasteiger partial charge in [0.1, 0.15) is 6.10 Å². The van der Waals surface area contributed by atoms with E-state index in [2.05, 4.69) is 43.5 Å². The number of rotatable bonds is 54. The van der Waals surface area contributed by atoms with Gasteiger partial charge >= 0.3 is 0 Å². The second kappa shape index (κ2) is 54.4. The lowest BCUT2D eigenvalue weighted by Gasteiger charge is -2.26. The van der Waals surface area contributed by atoms with Crippen molar-refractivity contribution >= 4 is 5.91 Å². The van der Waals surface area contributed by atoms with Gasteiger partial charge in [0.2, 0.25) is 5.91 Å². The van der Waals surface area contributed by atoms with Crippen molar-refractivity contribution < 1.29 is 20.1 Å². The minimum absolute atomic E-state index is 0.149. The third-order valence-corrected chi connectivity index (χ3v) is 13.8.